The minimum Gasteiger partial charge on any atom is -0.359 e. The van der Waals surface area contributed by atoms with Crippen LogP contribution in [0.1, 0.15) is 15.9 Å². The van der Waals surface area contributed by atoms with Gasteiger partial charge in [0.25, 0.3) is 5.69 Å². The number of allylic oxidation sites excluding steroid dienone is 1. The molecule has 25 heavy (non-hydrogen) atoms. The molecular weight excluding hydrogens is 327 g/mol. The lowest BCUT2D eigenvalue weighted by Crippen LogP contribution is -2.08. The van der Waals surface area contributed by atoms with Gasteiger partial charge in [0.05, 0.1) is 16.1 Å². The van der Waals surface area contributed by atoms with Gasteiger partial charge < -0.3 is 5.32 Å². The molecule has 0 aliphatic heterocycles. The molecule has 2 rings (SSSR count). The van der Waals surface area contributed by atoms with E-state index in [-0.39, 0.29) is 28.1 Å². The van der Waals surface area contributed by atoms with Crippen molar-refractivity contribution < 1.29 is 14.1 Å². The highest BCUT2D eigenvalue weighted by Gasteiger charge is 2.20. The Morgan fingerprint density at radius 2 is 1.84 bits per heavy atom. The number of nitro benzene ring substituents is 1. The van der Waals surface area contributed by atoms with E-state index in [9.17, 15) is 19.3 Å². The molecule has 2 aromatic carbocycles. The van der Waals surface area contributed by atoms with Crippen molar-refractivity contribution in [3.63, 3.8) is 0 Å². The summed E-state index contributed by atoms with van der Waals surface area (Å²) in [6.45, 7) is 0. The number of non-ortho nitro benzene ring substituents is 1. The molecule has 0 atom stereocenters. The van der Waals surface area contributed by atoms with Crippen LogP contribution < -0.4 is 5.32 Å². The molecule has 8 heteroatoms. The number of ketones is 1. The molecule has 0 unspecified atom stereocenters. The summed E-state index contributed by atoms with van der Waals surface area (Å²) in [5.74, 6) is -1.54. The Morgan fingerprint density at radius 1 is 1.16 bits per heavy atom. The summed E-state index contributed by atoms with van der Waals surface area (Å²) >= 11 is 0. The van der Waals surface area contributed by atoms with Gasteiger partial charge in [-0.3, -0.25) is 14.9 Å². The van der Waals surface area contributed by atoms with E-state index in [2.05, 4.69) is 5.32 Å². The van der Waals surface area contributed by atoms with Gasteiger partial charge in [0.1, 0.15) is 23.5 Å². The zero-order valence-electron chi connectivity index (χ0n) is 12.6. The number of hydrogen-bond acceptors (Lipinski definition) is 6. The first-order valence-electron chi connectivity index (χ1n) is 6.82. The van der Waals surface area contributed by atoms with Crippen LogP contribution in [0, 0.1) is 38.6 Å². The fourth-order valence-electron chi connectivity index (χ4n) is 1.99. The molecule has 7 nitrogen and oxygen atoms in total. The Labute approximate surface area is 141 Å². The number of benzene rings is 2. The third-order valence-electron chi connectivity index (χ3n) is 3.19. The van der Waals surface area contributed by atoms with Gasteiger partial charge in [-0.15, -0.1) is 0 Å². The number of nitrogens with one attached hydrogen (secondary N) is 1. The van der Waals surface area contributed by atoms with Gasteiger partial charge in [0, 0.05) is 24.0 Å². The zero-order chi connectivity index (χ0) is 18.4. The molecule has 0 spiro atoms. The van der Waals surface area contributed by atoms with Gasteiger partial charge in [-0.05, 0) is 18.2 Å². The fourth-order valence-corrected chi connectivity index (χ4v) is 1.99. The molecule has 0 aromatic heterocycles. The molecule has 1 N–H and O–H groups in total. The van der Waals surface area contributed by atoms with Gasteiger partial charge in [-0.2, -0.15) is 10.5 Å². The van der Waals surface area contributed by atoms with Crippen LogP contribution in [0.15, 0.2) is 54.2 Å². The molecule has 0 saturated heterocycles. The summed E-state index contributed by atoms with van der Waals surface area (Å²) in [4.78, 5) is 22.9. The minimum atomic E-state index is -0.770. The van der Waals surface area contributed by atoms with Crippen molar-refractivity contribution in [3.05, 3.63) is 81.3 Å². The maximum Gasteiger partial charge on any atom is 0.270 e. The summed E-state index contributed by atoms with van der Waals surface area (Å²) in [5.41, 5.74) is -0.930. The molecular formula is C17H9FN4O3. The van der Waals surface area contributed by atoms with E-state index >= 15 is 0 Å². The fraction of sp³-hybridized carbons (Fsp3) is 0. The van der Waals surface area contributed by atoms with Gasteiger partial charge >= 0.3 is 0 Å². The first kappa shape index (κ1) is 17.3. The van der Waals surface area contributed by atoms with E-state index in [1.807, 2.05) is 0 Å². The van der Waals surface area contributed by atoms with Crippen LogP contribution in [-0.2, 0) is 0 Å². The molecule has 0 saturated carbocycles. The number of nitriles is 2. The number of halogens is 1. The van der Waals surface area contributed by atoms with Crippen LogP contribution >= 0.6 is 0 Å². The van der Waals surface area contributed by atoms with Crippen molar-refractivity contribution in [2.24, 2.45) is 0 Å². The van der Waals surface area contributed by atoms with Crippen molar-refractivity contribution in [3.8, 4) is 12.1 Å². The summed E-state index contributed by atoms with van der Waals surface area (Å²) in [5, 5.41) is 31.0. The van der Waals surface area contributed by atoms with Gasteiger partial charge in [0.2, 0.25) is 0 Å². The first-order valence-corrected chi connectivity index (χ1v) is 6.82. The summed E-state index contributed by atoms with van der Waals surface area (Å²) < 4.78 is 13.9. The minimum absolute atomic E-state index is 0.0989. The largest absolute Gasteiger partial charge is 0.359 e. The van der Waals surface area contributed by atoms with E-state index in [4.69, 9.17) is 10.5 Å². The zero-order valence-corrected chi connectivity index (χ0v) is 12.6. The van der Waals surface area contributed by atoms with Crippen LogP contribution in [-0.4, -0.2) is 10.7 Å². The average molecular weight is 336 g/mol. The quantitative estimate of drug-likeness (QED) is 0.387. The van der Waals surface area contributed by atoms with E-state index in [1.54, 1.807) is 12.1 Å². The average Bonchev–Trinajstić information content (AvgIpc) is 2.62. The third kappa shape index (κ3) is 3.84. The van der Waals surface area contributed by atoms with Gasteiger partial charge in [0.15, 0.2) is 5.78 Å². The van der Waals surface area contributed by atoms with Crippen molar-refractivity contribution in [2.75, 3.05) is 5.32 Å². The lowest BCUT2D eigenvalue weighted by Gasteiger charge is -2.09. The third-order valence-corrected chi connectivity index (χ3v) is 3.19. The van der Waals surface area contributed by atoms with Crippen LogP contribution in [0.3, 0.4) is 0 Å². The smallest absolute Gasteiger partial charge is 0.270 e. The van der Waals surface area contributed by atoms with Crippen molar-refractivity contribution in [1.82, 2.24) is 0 Å². The predicted octanol–water partition coefficient (Wildman–Crippen LogP) is 3.31. The second-order valence-electron chi connectivity index (χ2n) is 4.72. The SMILES string of the molecule is N#CC(C#N)=CNc1ccc([N+](=O)[O-])cc1C(=O)c1ccccc1F. The molecule has 0 radical (unpaired) electrons. The van der Waals surface area contributed by atoms with E-state index in [0.717, 1.165) is 24.4 Å². The maximum atomic E-state index is 13.9. The highest BCUT2D eigenvalue weighted by Crippen LogP contribution is 2.26. The maximum absolute atomic E-state index is 13.9. The van der Waals surface area contributed by atoms with Crippen molar-refractivity contribution >= 4 is 17.2 Å². The molecule has 0 fully saturated rings. The van der Waals surface area contributed by atoms with Crippen LogP contribution in [0.5, 0.6) is 0 Å². The Hall–Kier alpha value is -4.04. The Balaban J connectivity index is 2.55. The molecule has 122 valence electrons. The van der Waals surface area contributed by atoms with Crippen LogP contribution in [0.2, 0.25) is 0 Å². The monoisotopic (exact) mass is 336 g/mol. The highest BCUT2D eigenvalue weighted by atomic mass is 19.1. The number of anilines is 1. The number of carbonyl (C=O) groups excluding carboxylic acids is 1. The summed E-state index contributed by atoms with van der Waals surface area (Å²) in [6, 6.07) is 11.9. The first-order chi connectivity index (χ1) is 12.0. The van der Waals surface area contributed by atoms with Crippen molar-refractivity contribution in [2.45, 2.75) is 0 Å². The Kier molecular flexibility index (Phi) is 5.18. The number of nitrogens with zero attached hydrogens (tertiary/aromatic N) is 3. The van der Waals surface area contributed by atoms with Crippen LogP contribution in [0.25, 0.3) is 0 Å². The van der Waals surface area contributed by atoms with Crippen molar-refractivity contribution in [1.29, 1.82) is 10.5 Å². The Bertz CT molecular complexity index is 955. The molecule has 0 bridgehead atoms. The summed E-state index contributed by atoms with van der Waals surface area (Å²) in [6.07, 6.45) is 1.05. The molecule has 0 aliphatic carbocycles. The van der Waals surface area contributed by atoms with E-state index in [1.165, 1.54) is 24.3 Å². The molecule has 0 aliphatic rings. The molecule has 2 aromatic rings. The number of nitro groups is 1. The number of rotatable bonds is 5. The second-order valence-corrected chi connectivity index (χ2v) is 4.72. The Morgan fingerprint density at radius 3 is 2.44 bits per heavy atom. The normalized spacial score (nSPS) is 9.40. The van der Waals surface area contributed by atoms with Gasteiger partial charge in [-0.1, -0.05) is 12.1 Å². The lowest BCUT2D eigenvalue weighted by atomic mass is 10.0. The summed E-state index contributed by atoms with van der Waals surface area (Å²) in [7, 11) is 0. The topological polar surface area (TPSA) is 120 Å². The second kappa shape index (κ2) is 7.49. The standard InChI is InChI=1S/C17H9FN4O3/c18-15-4-2-1-3-13(15)17(23)14-7-12(22(24)25)5-6-16(14)21-10-11(8-19)9-20/h1-7,10,21H. The highest BCUT2D eigenvalue weighted by molar-refractivity contribution is 6.13. The molecule has 0 amide bonds. The van der Waals surface area contributed by atoms with E-state index < -0.39 is 16.5 Å². The van der Waals surface area contributed by atoms with E-state index in [0.29, 0.717) is 0 Å². The lowest BCUT2D eigenvalue weighted by molar-refractivity contribution is -0.384. The predicted molar refractivity (Wildman–Crippen MR) is 85.9 cm³/mol. The molecule has 0 heterocycles. The number of hydrogen-bond donors (Lipinski definition) is 1. The van der Waals surface area contributed by atoms with Crippen LogP contribution in [0.4, 0.5) is 15.8 Å². The van der Waals surface area contributed by atoms with Gasteiger partial charge in [-0.25, -0.2) is 4.39 Å². The number of carbonyl (C=O) groups is 1.